The Morgan fingerprint density at radius 1 is 1.23 bits per heavy atom. The van der Waals surface area contributed by atoms with Crippen molar-refractivity contribution >= 4 is 16.1 Å². The second-order valence-corrected chi connectivity index (χ2v) is 7.72. The molecule has 0 heterocycles. The van der Waals surface area contributed by atoms with E-state index in [0.717, 1.165) is 42.2 Å². The highest BCUT2D eigenvalue weighted by Gasteiger charge is 2.22. The Morgan fingerprint density at radius 2 is 1.86 bits per heavy atom. The molecule has 1 aliphatic carbocycles. The smallest absolute Gasteiger partial charge is 0.233 e. The van der Waals surface area contributed by atoms with Crippen molar-refractivity contribution in [3.8, 4) is 0 Å². The molecule has 1 saturated carbocycles. The van der Waals surface area contributed by atoms with Gasteiger partial charge in [-0.05, 0) is 37.3 Å². The summed E-state index contributed by atoms with van der Waals surface area (Å²) in [5, 5.41) is 11.3. The second kappa shape index (κ2) is 7.90. The monoisotopic (exact) mass is 323 g/mol. The van der Waals surface area contributed by atoms with E-state index < -0.39 is 16.1 Å². The molecule has 0 aromatic heterocycles. The van der Waals surface area contributed by atoms with Gasteiger partial charge in [0, 0.05) is 12.0 Å². The largest absolute Gasteiger partial charge is 0.391 e. The second-order valence-electron chi connectivity index (χ2n) is 6.07. The first-order valence-corrected chi connectivity index (χ1v) is 9.43. The summed E-state index contributed by atoms with van der Waals surface area (Å²) in [6, 6.07) is 7.62. The number of aryl methyl sites for hydroxylation is 1. The van der Waals surface area contributed by atoms with Crippen molar-refractivity contribution < 1.29 is 13.5 Å². The van der Waals surface area contributed by atoms with Crippen molar-refractivity contribution in [1.82, 2.24) is 4.72 Å². The number of benzene rings is 1. The zero-order chi connectivity index (χ0) is 16.0. The zero-order valence-electron chi connectivity index (χ0n) is 13.0. The van der Waals surface area contributed by atoms with Crippen molar-refractivity contribution in [3.05, 3.63) is 40.8 Å². The van der Waals surface area contributed by atoms with Crippen LogP contribution in [-0.4, -0.2) is 26.2 Å². The molecule has 5 heteroatoms. The maximum atomic E-state index is 11.9. The van der Waals surface area contributed by atoms with Gasteiger partial charge in [0.1, 0.15) is 0 Å². The van der Waals surface area contributed by atoms with Crippen LogP contribution in [0.3, 0.4) is 0 Å². The quantitative estimate of drug-likeness (QED) is 0.846. The Balaban J connectivity index is 1.86. The molecule has 0 unspecified atom stereocenters. The molecule has 0 saturated heterocycles. The van der Waals surface area contributed by atoms with Gasteiger partial charge in [0.15, 0.2) is 0 Å². The molecule has 122 valence electrons. The Morgan fingerprint density at radius 3 is 2.50 bits per heavy atom. The fourth-order valence-corrected chi connectivity index (χ4v) is 3.62. The molecule has 1 aromatic rings. The summed E-state index contributed by atoms with van der Waals surface area (Å²) in [5.74, 6) is 0.220. The van der Waals surface area contributed by atoms with Gasteiger partial charge in [-0.2, -0.15) is 0 Å². The average molecular weight is 323 g/mol. The normalized spacial score (nSPS) is 18.6. The van der Waals surface area contributed by atoms with Crippen molar-refractivity contribution in [3.63, 3.8) is 0 Å². The maximum absolute atomic E-state index is 11.9. The molecule has 0 amide bonds. The van der Waals surface area contributed by atoms with E-state index in [0.29, 0.717) is 0 Å². The summed E-state index contributed by atoms with van der Waals surface area (Å²) in [5.41, 5.74) is 1.97. The van der Waals surface area contributed by atoms with Crippen LogP contribution in [0.5, 0.6) is 0 Å². The van der Waals surface area contributed by atoms with Crippen LogP contribution >= 0.6 is 0 Å². The minimum Gasteiger partial charge on any atom is -0.391 e. The predicted octanol–water partition coefficient (Wildman–Crippen LogP) is 2.83. The summed E-state index contributed by atoms with van der Waals surface area (Å²) in [4.78, 5) is 0. The number of aliphatic hydroxyl groups is 1. The van der Waals surface area contributed by atoms with Gasteiger partial charge in [0.05, 0.1) is 6.10 Å². The number of nitrogens with one attached hydrogen (secondary N) is 1. The molecule has 0 radical (unpaired) electrons. The van der Waals surface area contributed by atoms with Crippen LogP contribution in [0.25, 0.3) is 6.08 Å². The van der Waals surface area contributed by atoms with Gasteiger partial charge in [-0.1, -0.05) is 49.1 Å². The van der Waals surface area contributed by atoms with Crippen LogP contribution in [0.15, 0.2) is 29.7 Å². The van der Waals surface area contributed by atoms with Gasteiger partial charge >= 0.3 is 0 Å². The molecule has 2 N–H and O–H groups in total. The third kappa shape index (κ3) is 5.55. The minimum absolute atomic E-state index is 0.0885. The Bertz CT molecular complexity index is 587. The molecule has 0 aliphatic heterocycles. The van der Waals surface area contributed by atoms with Crippen molar-refractivity contribution in [2.45, 2.75) is 45.1 Å². The van der Waals surface area contributed by atoms with E-state index in [1.165, 1.54) is 6.42 Å². The van der Waals surface area contributed by atoms with Crippen LogP contribution in [-0.2, 0) is 10.0 Å². The van der Waals surface area contributed by atoms with Gasteiger partial charge in [0.25, 0.3) is 0 Å². The van der Waals surface area contributed by atoms with Gasteiger partial charge < -0.3 is 5.11 Å². The van der Waals surface area contributed by atoms with Gasteiger partial charge in [0.2, 0.25) is 10.0 Å². The number of hydrogen-bond donors (Lipinski definition) is 2. The Kier molecular flexibility index (Phi) is 6.17. The lowest BCUT2D eigenvalue weighted by molar-refractivity contribution is 0.0889. The van der Waals surface area contributed by atoms with Crippen LogP contribution in [0.4, 0.5) is 0 Å². The van der Waals surface area contributed by atoms with E-state index in [1.54, 1.807) is 6.08 Å². The topological polar surface area (TPSA) is 66.4 Å². The fourth-order valence-electron chi connectivity index (χ4n) is 2.78. The van der Waals surface area contributed by atoms with Crippen LogP contribution in [0.2, 0.25) is 0 Å². The highest BCUT2D eigenvalue weighted by atomic mass is 32.2. The first kappa shape index (κ1) is 17.2. The number of rotatable bonds is 6. The first-order valence-electron chi connectivity index (χ1n) is 7.89. The van der Waals surface area contributed by atoms with Gasteiger partial charge in [-0.15, -0.1) is 0 Å². The molecular weight excluding hydrogens is 298 g/mol. The molecule has 1 aromatic carbocycles. The molecule has 0 spiro atoms. The van der Waals surface area contributed by atoms with E-state index in [1.807, 2.05) is 31.2 Å². The maximum Gasteiger partial charge on any atom is 0.233 e. The van der Waals surface area contributed by atoms with Crippen molar-refractivity contribution in [2.24, 2.45) is 5.92 Å². The zero-order valence-corrected chi connectivity index (χ0v) is 13.8. The number of hydrogen-bond acceptors (Lipinski definition) is 3. The highest BCUT2D eigenvalue weighted by molar-refractivity contribution is 7.92. The summed E-state index contributed by atoms with van der Waals surface area (Å²) < 4.78 is 26.4. The molecule has 2 rings (SSSR count). The summed E-state index contributed by atoms with van der Waals surface area (Å²) >= 11 is 0. The molecule has 0 bridgehead atoms. The Hall–Kier alpha value is -1.17. The third-order valence-electron chi connectivity index (χ3n) is 4.20. The fraction of sp³-hybridized carbons (Fsp3) is 0.529. The van der Waals surface area contributed by atoms with Crippen LogP contribution in [0.1, 0.15) is 43.2 Å². The third-order valence-corrected chi connectivity index (χ3v) is 5.27. The molecular formula is C17H25NO3S. The van der Waals surface area contributed by atoms with Crippen molar-refractivity contribution in [1.29, 1.82) is 0 Å². The molecule has 1 fully saturated rings. The minimum atomic E-state index is -3.51. The summed E-state index contributed by atoms with van der Waals surface area (Å²) in [7, 11) is -3.51. The lowest BCUT2D eigenvalue weighted by Gasteiger charge is -2.26. The lowest BCUT2D eigenvalue weighted by atomic mass is 9.85. The van der Waals surface area contributed by atoms with E-state index in [4.69, 9.17) is 0 Å². The average Bonchev–Trinajstić information content (AvgIpc) is 2.53. The number of aliphatic hydroxyl groups excluding tert-OH is 1. The van der Waals surface area contributed by atoms with Gasteiger partial charge in [-0.3, -0.25) is 0 Å². The molecule has 22 heavy (non-hydrogen) atoms. The first-order chi connectivity index (χ1) is 10.5. The highest BCUT2D eigenvalue weighted by Crippen LogP contribution is 2.26. The molecule has 1 atom stereocenters. The van der Waals surface area contributed by atoms with Crippen LogP contribution in [0, 0.1) is 12.8 Å². The van der Waals surface area contributed by atoms with Gasteiger partial charge in [-0.25, -0.2) is 13.1 Å². The van der Waals surface area contributed by atoms with Crippen molar-refractivity contribution in [2.75, 3.05) is 6.54 Å². The van der Waals surface area contributed by atoms with E-state index >= 15 is 0 Å². The summed E-state index contributed by atoms with van der Waals surface area (Å²) in [6.07, 6.45) is 6.42. The lowest BCUT2D eigenvalue weighted by Crippen LogP contribution is -2.36. The number of sulfonamides is 1. The summed E-state index contributed by atoms with van der Waals surface area (Å²) in [6.45, 7) is 2.07. The Labute approximate surface area is 133 Å². The van der Waals surface area contributed by atoms with E-state index in [-0.39, 0.29) is 12.5 Å². The SMILES string of the molecule is Cc1ccc(/C=C/S(=O)(=O)NC[C@H](O)C2CCCCC2)cc1. The molecule has 4 nitrogen and oxygen atoms in total. The standard InChI is InChI=1S/C17H25NO3S/c1-14-7-9-15(10-8-14)11-12-22(20,21)18-13-17(19)16-5-3-2-4-6-16/h7-12,16-19H,2-6,13H2,1H3/b12-11+/t17-/m0/s1. The van der Waals surface area contributed by atoms with E-state index in [2.05, 4.69) is 4.72 Å². The predicted molar refractivity (Wildman–Crippen MR) is 89.7 cm³/mol. The van der Waals surface area contributed by atoms with Crippen LogP contribution < -0.4 is 4.72 Å². The molecule has 1 aliphatic rings. The van der Waals surface area contributed by atoms with E-state index in [9.17, 15) is 13.5 Å².